The Labute approximate surface area is 169 Å². The first-order valence-corrected chi connectivity index (χ1v) is 10.4. The molecular formula is C21H23N5OS. The third kappa shape index (κ3) is 3.94. The van der Waals surface area contributed by atoms with E-state index in [1.54, 1.807) is 12.4 Å². The number of amides is 1. The third-order valence-electron chi connectivity index (χ3n) is 4.97. The number of pyridine rings is 1. The lowest BCUT2D eigenvalue weighted by atomic mass is 10.1. The number of aromatic nitrogens is 4. The molecule has 1 aliphatic heterocycles. The van der Waals surface area contributed by atoms with E-state index in [9.17, 15) is 4.79 Å². The summed E-state index contributed by atoms with van der Waals surface area (Å²) in [7, 11) is 1.93. The second-order valence-corrected chi connectivity index (χ2v) is 7.97. The Hall–Kier alpha value is -2.67. The van der Waals surface area contributed by atoms with E-state index in [1.807, 2.05) is 59.0 Å². The normalized spacial score (nSPS) is 15.4. The summed E-state index contributed by atoms with van der Waals surface area (Å²) < 4.78 is 1.93. The van der Waals surface area contributed by atoms with Crippen LogP contribution in [0.2, 0.25) is 0 Å². The fourth-order valence-electron chi connectivity index (χ4n) is 3.44. The van der Waals surface area contributed by atoms with E-state index in [-0.39, 0.29) is 11.2 Å². The molecule has 1 unspecified atom stereocenters. The van der Waals surface area contributed by atoms with Gasteiger partial charge < -0.3 is 9.47 Å². The van der Waals surface area contributed by atoms with Crippen LogP contribution in [-0.2, 0) is 11.8 Å². The van der Waals surface area contributed by atoms with E-state index in [1.165, 1.54) is 18.2 Å². The van der Waals surface area contributed by atoms with E-state index < -0.39 is 0 Å². The van der Waals surface area contributed by atoms with Crippen LogP contribution in [0, 0.1) is 0 Å². The molecule has 1 amide bonds. The molecule has 0 N–H and O–H groups in total. The van der Waals surface area contributed by atoms with E-state index in [0.29, 0.717) is 0 Å². The maximum Gasteiger partial charge on any atom is 0.240 e. The Bertz CT molecular complexity index is 922. The molecule has 0 aliphatic carbocycles. The van der Waals surface area contributed by atoms with Gasteiger partial charge in [0.15, 0.2) is 11.0 Å². The van der Waals surface area contributed by atoms with Crippen molar-refractivity contribution in [2.75, 3.05) is 13.1 Å². The predicted octanol–water partition coefficient (Wildman–Crippen LogP) is 3.72. The fourth-order valence-corrected chi connectivity index (χ4v) is 4.52. The van der Waals surface area contributed by atoms with E-state index in [0.717, 1.165) is 48.0 Å². The summed E-state index contributed by atoms with van der Waals surface area (Å²) in [5.41, 5.74) is 1.90. The monoisotopic (exact) mass is 393 g/mol. The summed E-state index contributed by atoms with van der Waals surface area (Å²) in [6.45, 7) is 1.67. The first-order chi connectivity index (χ1) is 13.7. The number of piperidine rings is 1. The number of likely N-dealkylation sites (tertiary alicyclic amines) is 1. The lowest BCUT2D eigenvalue weighted by Gasteiger charge is -2.30. The van der Waals surface area contributed by atoms with Crippen molar-refractivity contribution in [3.8, 4) is 11.4 Å². The molecule has 2 aromatic heterocycles. The highest BCUT2D eigenvalue weighted by molar-refractivity contribution is 8.00. The predicted molar refractivity (Wildman–Crippen MR) is 110 cm³/mol. The van der Waals surface area contributed by atoms with Crippen LogP contribution in [0.4, 0.5) is 0 Å². The van der Waals surface area contributed by atoms with Crippen molar-refractivity contribution in [2.24, 2.45) is 7.05 Å². The lowest BCUT2D eigenvalue weighted by molar-refractivity contribution is -0.131. The number of hydrogen-bond acceptors (Lipinski definition) is 5. The molecule has 4 rings (SSSR count). The molecule has 0 bridgehead atoms. The average molecular weight is 394 g/mol. The summed E-state index contributed by atoms with van der Waals surface area (Å²) >= 11 is 1.46. The Kier molecular flexibility index (Phi) is 5.71. The summed E-state index contributed by atoms with van der Waals surface area (Å²) in [4.78, 5) is 19.5. The SMILES string of the molecule is Cn1c(SC(C(=O)N2CCCCC2)c2ccccc2)nnc1-c1cccnc1. The topological polar surface area (TPSA) is 63.9 Å². The Balaban J connectivity index is 1.63. The minimum absolute atomic E-state index is 0.154. The van der Waals surface area contributed by atoms with Gasteiger partial charge in [0.05, 0.1) is 0 Å². The van der Waals surface area contributed by atoms with Gasteiger partial charge in [-0.15, -0.1) is 10.2 Å². The van der Waals surface area contributed by atoms with E-state index in [2.05, 4.69) is 15.2 Å². The summed E-state index contributed by atoms with van der Waals surface area (Å²) in [5.74, 6) is 0.898. The Morgan fingerprint density at radius 3 is 2.54 bits per heavy atom. The molecule has 28 heavy (non-hydrogen) atoms. The highest BCUT2D eigenvalue weighted by Crippen LogP contribution is 2.37. The van der Waals surface area contributed by atoms with Gasteiger partial charge >= 0.3 is 0 Å². The first-order valence-electron chi connectivity index (χ1n) is 9.54. The van der Waals surface area contributed by atoms with Crippen LogP contribution in [0.3, 0.4) is 0 Å². The minimum Gasteiger partial charge on any atom is -0.341 e. The lowest BCUT2D eigenvalue weighted by Crippen LogP contribution is -2.38. The standard InChI is InChI=1S/C21H23N5OS/c1-25-19(17-11-8-12-22-15-17)23-24-21(25)28-18(16-9-4-2-5-10-16)20(27)26-13-6-3-7-14-26/h2,4-5,8-12,15,18H,3,6-7,13-14H2,1H3. The quantitative estimate of drug-likeness (QED) is 0.618. The minimum atomic E-state index is -0.330. The Morgan fingerprint density at radius 2 is 1.82 bits per heavy atom. The van der Waals surface area contributed by atoms with Crippen LogP contribution in [0.15, 0.2) is 60.0 Å². The van der Waals surface area contributed by atoms with Gasteiger partial charge in [0.1, 0.15) is 5.25 Å². The molecule has 7 heteroatoms. The van der Waals surface area contributed by atoms with Gasteiger partial charge in [-0.05, 0) is 37.0 Å². The maximum atomic E-state index is 13.3. The maximum absolute atomic E-state index is 13.3. The number of rotatable bonds is 5. The second kappa shape index (κ2) is 8.56. The third-order valence-corrected chi connectivity index (χ3v) is 6.25. The molecule has 0 radical (unpaired) electrons. The van der Waals surface area contributed by atoms with Crippen molar-refractivity contribution < 1.29 is 4.79 Å². The van der Waals surface area contributed by atoms with Gasteiger partial charge in [0.2, 0.25) is 5.91 Å². The van der Waals surface area contributed by atoms with Gasteiger partial charge in [0.25, 0.3) is 0 Å². The second-order valence-electron chi connectivity index (χ2n) is 6.90. The zero-order chi connectivity index (χ0) is 19.3. The average Bonchev–Trinajstić information content (AvgIpc) is 3.13. The highest BCUT2D eigenvalue weighted by Gasteiger charge is 2.29. The van der Waals surface area contributed by atoms with Gasteiger partial charge in [-0.3, -0.25) is 9.78 Å². The number of nitrogens with zero attached hydrogens (tertiary/aromatic N) is 5. The van der Waals surface area contributed by atoms with Crippen molar-refractivity contribution in [1.82, 2.24) is 24.6 Å². The molecule has 3 aromatic rings. The highest BCUT2D eigenvalue weighted by atomic mass is 32.2. The van der Waals surface area contributed by atoms with Crippen LogP contribution >= 0.6 is 11.8 Å². The molecule has 0 saturated carbocycles. The van der Waals surface area contributed by atoms with E-state index >= 15 is 0 Å². The smallest absolute Gasteiger partial charge is 0.240 e. The molecule has 1 aromatic carbocycles. The van der Waals surface area contributed by atoms with Crippen LogP contribution < -0.4 is 0 Å². The molecule has 144 valence electrons. The van der Waals surface area contributed by atoms with Gasteiger partial charge in [-0.2, -0.15) is 0 Å². The molecule has 0 spiro atoms. The van der Waals surface area contributed by atoms with Gasteiger partial charge in [-0.1, -0.05) is 42.1 Å². The molecule has 1 atom stereocenters. The molecule has 6 nitrogen and oxygen atoms in total. The summed E-state index contributed by atoms with van der Waals surface area (Å²) in [5, 5.41) is 9.08. The molecule has 1 fully saturated rings. The number of hydrogen-bond donors (Lipinski definition) is 0. The summed E-state index contributed by atoms with van der Waals surface area (Å²) in [6.07, 6.45) is 6.86. The first kappa shape index (κ1) is 18.7. The van der Waals surface area contributed by atoms with Crippen LogP contribution in [0.5, 0.6) is 0 Å². The van der Waals surface area contributed by atoms with Gasteiger partial charge in [-0.25, -0.2) is 0 Å². The molecule has 3 heterocycles. The fraction of sp³-hybridized carbons (Fsp3) is 0.333. The number of thioether (sulfide) groups is 1. The van der Waals surface area contributed by atoms with Crippen molar-refractivity contribution in [3.63, 3.8) is 0 Å². The number of carbonyl (C=O) groups is 1. The Morgan fingerprint density at radius 1 is 1.04 bits per heavy atom. The van der Waals surface area contributed by atoms with Crippen molar-refractivity contribution in [3.05, 3.63) is 60.4 Å². The number of carbonyl (C=O) groups excluding carboxylic acids is 1. The van der Waals surface area contributed by atoms with Crippen LogP contribution in [0.25, 0.3) is 11.4 Å². The largest absolute Gasteiger partial charge is 0.341 e. The molecule has 1 saturated heterocycles. The molecular weight excluding hydrogens is 370 g/mol. The van der Waals surface area contributed by atoms with Crippen molar-refractivity contribution >= 4 is 17.7 Å². The van der Waals surface area contributed by atoms with Crippen LogP contribution in [0.1, 0.15) is 30.1 Å². The van der Waals surface area contributed by atoms with Crippen molar-refractivity contribution in [2.45, 2.75) is 29.7 Å². The zero-order valence-corrected chi connectivity index (χ0v) is 16.7. The summed E-state index contributed by atoms with van der Waals surface area (Å²) in [6, 6.07) is 13.8. The molecule has 1 aliphatic rings. The van der Waals surface area contributed by atoms with E-state index in [4.69, 9.17) is 0 Å². The number of benzene rings is 1. The van der Waals surface area contributed by atoms with Gasteiger partial charge in [0, 0.05) is 38.1 Å². The van der Waals surface area contributed by atoms with Crippen molar-refractivity contribution in [1.29, 1.82) is 0 Å². The van der Waals surface area contributed by atoms with Crippen LogP contribution in [-0.4, -0.2) is 43.6 Å². The zero-order valence-electron chi connectivity index (χ0n) is 15.9.